The first-order chi connectivity index (χ1) is 17.4. The molecule has 0 fully saturated rings. The average molecular weight is 558 g/mol. The fourth-order valence-corrected chi connectivity index (χ4v) is 4.87. The number of carbonyl (C=O) groups excluding carboxylic acids is 2. The van der Waals surface area contributed by atoms with Gasteiger partial charge in [-0.2, -0.15) is 0 Å². The van der Waals surface area contributed by atoms with Crippen LogP contribution in [0.2, 0.25) is 5.02 Å². The summed E-state index contributed by atoms with van der Waals surface area (Å²) in [5.74, 6) is -2.86. The third-order valence-corrected chi connectivity index (χ3v) is 7.44. The monoisotopic (exact) mass is 557 g/mol. The molecule has 0 unspecified atom stereocenters. The summed E-state index contributed by atoms with van der Waals surface area (Å²) in [6.45, 7) is 5.69. The lowest BCUT2D eigenvalue weighted by molar-refractivity contribution is -0.141. The zero-order chi connectivity index (χ0) is 27.8. The van der Waals surface area contributed by atoms with Gasteiger partial charge in [-0.3, -0.25) is 13.9 Å². The molecule has 204 valence electrons. The zero-order valence-electron chi connectivity index (χ0n) is 21.5. The van der Waals surface area contributed by atoms with Gasteiger partial charge in [-0.1, -0.05) is 37.6 Å². The highest BCUT2D eigenvalue weighted by molar-refractivity contribution is 7.92. The second-order valence-corrected chi connectivity index (χ2v) is 11.3. The Morgan fingerprint density at radius 2 is 1.68 bits per heavy atom. The number of anilines is 1. The third kappa shape index (κ3) is 8.96. The molecule has 0 aliphatic carbocycles. The number of nitrogens with zero attached hydrogens (tertiary/aromatic N) is 2. The Bertz CT molecular complexity index is 1180. The summed E-state index contributed by atoms with van der Waals surface area (Å²) in [6.07, 6.45) is 2.11. The summed E-state index contributed by atoms with van der Waals surface area (Å²) < 4.78 is 52.7. The van der Waals surface area contributed by atoms with E-state index >= 15 is 0 Å². The number of hydrogen-bond donors (Lipinski definition) is 1. The van der Waals surface area contributed by atoms with Crippen LogP contribution in [0.3, 0.4) is 0 Å². The van der Waals surface area contributed by atoms with E-state index < -0.39 is 27.7 Å². The van der Waals surface area contributed by atoms with Gasteiger partial charge in [-0.15, -0.1) is 0 Å². The number of hydrogen-bond acceptors (Lipinski definition) is 4. The Kier molecular flexibility index (Phi) is 11.3. The van der Waals surface area contributed by atoms with Gasteiger partial charge in [-0.05, 0) is 56.0 Å². The van der Waals surface area contributed by atoms with Gasteiger partial charge in [0.1, 0.15) is 6.04 Å². The van der Waals surface area contributed by atoms with Crippen LogP contribution < -0.4 is 9.62 Å². The van der Waals surface area contributed by atoms with Crippen molar-refractivity contribution in [2.75, 3.05) is 17.1 Å². The van der Waals surface area contributed by atoms with E-state index in [0.29, 0.717) is 11.4 Å². The van der Waals surface area contributed by atoms with Crippen molar-refractivity contribution >= 4 is 39.1 Å². The molecule has 7 nitrogen and oxygen atoms in total. The maximum absolute atomic E-state index is 13.7. The zero-order valence-corrected chi connectivity index (χ0v) is 23.1. The first kappa shape index (κ1) is 30.5. The maximum atomic E-state index is 13.7. The molecule has 2 atom stereocenters. The van der Waals surface area contributed by atoms with Gasteiger partial charge in [0, 0.05) is 36.6 Å². The van der Waals surface area contributed by atoms with E-state index in [4.69, 9.17) is 11.6 Å². The number of carbonyl (C=O) groups is 2. The molecule has 0 aliphatic rings. The minimum atomic E-state index is -3.83. The molecule has 11 heteroatoms. The predicted octanol–water partition coefficient (Wildman–Crippen LogP) is 4.89. The lowest BCUT2D eigenvalue weighted by atomic mass is 10.1. The molecule has 1 N–H and O–H groups in total. The first-order valence-corrected chi connectivity index (χ1v) is 14.4. The number of sulfonamides is 1. The quantitative estimate of drug-likeness (QED) is 0.380. The largest absolute Gasteiger partial charge is 0.352 e. The number of benzene rings is 2. The van der Waals surface area contributed by atoms with Crippen LogP contribution in [-0.4, -0.2) is 50.0 Å². The molecular formula is C26H34ClF2N3O4S. The second-order valence-electron chi connectivity index (χ2n) is 8.93. The highest BCUT2D eigenvalue weighted by atomic mass is 35.5. The van der Waals surface area contributed by atoms with Crippen LogP contribution in [0.4, 0.5) is 14.5 Å². The third-order valence-electron chi connectivity index (χ3n) is 6.00. The summed E-state index contributed by atoms with van der Waals surface area (Å²) >= 11 is 5.99. The number of halogens is 3. The summed E-state index contributed by atoms with van der Waals surface area (Å²) in [4.78, 5) is 27.9. The predicted molar refractivity (Wildman–Crippen MR) is 142 cm³/mol. The molecule has 2 rings (SSSR count). The summed E-state index contributed by atoms with van der Waals surface area (Å²) in [5, 5.41) is 3.47. The Balaban J connectivity index is 2.23. The van der Waals surface area contributed by atoms with Gasteiger partial charge < -0.3 is 10.2 Å². The molecule has 0 aliphatic heterocycles. The van der Waals surface area contributed by atoms with E-state index in [0.717, 1.165) is 34.7 Å². The summed E-state index contributed by atoms with van der Waals surface area (Å²) in [7, 11) is -3.83. The molecule has 0 spiro atoms. The highest BCUT2D eigenvalue weighted by Crippen LogP contribution is 2.22. The molecular weight excluding hydrogens is 524 g/mol. The number of nitrogens with one attached hydrogen (secondary N) is 1. The van der Waals surface area contributed by atoms with Crippen molar-refractivity contribution in [3.63, 3.8) is 0 Å². The number of rotatable bonds is 13. The van der Waals surface area contributed by atoms with E-state index in [1.807, 2.05) is 20.8 Å². The van der Waals surface area contributed by atoms with Crippen LogP contribution in [0.1, 0.15) is 52.0 Å². The van der Waals surface area contributed by atoms with E-state index in [1.165, 1.54) is 11.0 Å². The van der Waals surface area contributed by atoms with Gasteiger partial charge in [0.2, 0.25) is 21.8 Å². The summed E-state index contributed by atoms with van der Waals surface area (Å²) in [6, 6.07) is 8.98. The van der Waals surface area contributed by atoms with Crippen LogP contribution in [0.25, 0.3) is 0 Å². The van der Waals surface area contributed by atoms with Crippen molar-refractivity contribution in [3.8, 4) is 0 Å². The molecule has 0 heterocycles. The van der Waals surface area contributed by atoms with Crippen LogP contribution in [0.5, 0.6) is 0 Å². The maximum Gasteiger partial charge on any atom is 0.243 e. The van der Waals surface area contributed by atoms with Crippen LogP contribution in [-0.2, 0) is 26.2 Å². The Labute approximate surface area is 222 Å². The Morgan fingerprint density at radius 3 is 2.22 bits per heavy atom. The highest BCUT2D eigenvalue weighted by Gasteiger charge is 2.29. The standard InChI is InChI=1S/C26H34ClF2N3O4S/c1-5-18(3)30-26(34)24(6-2)31(17-19-9-11-20(27)12-10-19)25(33)8-7-15-32(37(4,35)36)21-13-14-22(28)23(29)16-21/h9-14,16,18,24H,5-8,15,17H2,1-4H3,(H,30,34)/t18-,24-/m1/s1. The van der Waals surface area contributed by atoms with Gasteiger partial charge >= 0.3 is 0 Å². The first-order valence-electron chi connectivity index (χ1n) is 12.1. The molecule has 2 amide bonds. The fraction of sp³-hybridized carbons (Fsp3) is 0.462. The Hall–Kier alpha value is -2.72. The van der Waals surface area contributed by atoms with Gasteiger partial charge in [0.15, 0.2) is 11.6 Å². The minimum Gasteiger partial charge on any atom is -0.352 e. The molecule has 0 saturated heterocycles. The van der Waals surface area contributed by atoms with Gasteiger partial charge in [0.25, 0.3) is 0 Å². The van der Waals surface area contributed by atoms with Crippen LogP contribution >= 0.6 is 11.6 Å². The lowest BCUT2D eigenvalue weighted by Crippen LogP contribution is -2.50. The van der Waals surface area contributed by atoms with E-state index in [-0.39, 0.29) is 49.5 Å². The second kappa shape index (κ2) is 13.7. The van der Waals surface area contributed by atoms with Crippen LogP contribution in [0.15, 0.2) is 42.5 Å². The van der Waals surface area contributed by atoms with E-state index in [2.05, 4.69) is 5.32 Å². The van der Waals surface area contributed by atoms with Crippen LogP contribution in [0, 0.1) is 11.6 Å². The molecule has 2 aromatic rings. The van der Waals surface area contributed by atoms with Crippen molar-refractivity contribution in [2.24, 2.45) is 0 Å². The van der Waals surface area contributed by atoms with Crippen molar-refractivity contribution in [1.82, 2.24) is 10.2 Å². The minimum absolute atomic E-state index is 0.0359. The molecule has 0 bridgehead atoms. The smallest absolute Gasteiger partial charge is 0.243 e. The molecule has 37 heavy (non-hydrogen) atoms. The van der Waals surface area contributed by atoms with Crippen molar-refractivity contribution < 1.29 is 26.8 Å². The van der Waals surface area contributed by atoms with Gasteiger partial charge in [0.05, 0.1) is 11.9 Å². The molecule has 0 aromatic heterocycles. The molecule has 0 saturated carbocycles. The fourth-order valence-electron chi connectivity index (χ4n) is 3.79. The number of amides is 2. The van der Waals surface area contributed by atoms with E-state index in [1.54, 1.807) is 24.3 Å². The van der Waals surface area contributed by atoms with E-state index in [9.17, 15) is 26.8 Å². The normalized spacial score (nSPS) is 13.1. The Morgan fingerprint density at radius 1 is 1.03 bits per heavy atom. The SMILES string of the molecule is CC[C@@H](C)NC(=O)[C@@H](CC)N(Cc1ccc(Cl)cc1)C(=O)CCCN(c1ccc(F)c(F)c1)S(C)(=O)=O. The van der Waals surface area contributed by atoms with Gasteiger partial charge in [-0.25, -0.2) is 17.2 Å². The van der Waals surface area contributed by atoms with Crippen molar-refractivity contribution in [1.29, 1.82) is 0 Å². The van der Waals surface area contributed by atoms with Crippen molar-refractivity contribution in [2.45, 2.75) is 65.1 Å². The summed E-state index contributed by atoms with van der Waals surface area (Å²) in [5.41, 5.74) is 0.748. The lowest BCUT2D eigenvalue weighted by Gasteiger charge is -2.32. The topological polar surface area (TPSA) is 86.8 Å². The van der Waals surface area contributed by atoms with Crippen molar-refractivity contribution in [3.05, 3.63) is 64.7 Å². The average Bonchev–Trinajstić information content (AvgIpc) is 2.83. The molecule has 2 aromatic carbocycles. The molecule has 0 radical (unpaired) electrons.